The SMILES string of the molecule is CCC(CC)(CC=CCN(C)C)c1ccccc1. The zero-order valence-electron chi connectivity index (χ0n) is 12.3. The van der Waals surface area contributed by atoms with E-state index in [1.165, 1.54) is 18.4 Å². The number of nitrogens with zero attached hydrogens (tertiary/aromatic N) is 1. The van der Waals surface area contributed by atoms with Crippen LogP contribution in [0.4, 0.5) is 0 Å². The lowest BCUT2D eigenvalue weighted by molar-refractivity contribution is 0.398. The fourth-order valence-corrected chi connectivity index (χ4v) is 2.45. The molecule has 0 aromatic heterocycles. The van der Waals surface area contributed by atoms with E-state index in [9.17, 15) is 0 Å². The normalized spacial score (nSPS) is 12.5. The van der Waals surface area contributed by atoms with Crippen LogP contribution in [0.25, 0.3) is 0 Å². The van der Waals surface area contributed by atoms with Crippen molar-refractivity contribution in [2.24, 2.45) is 0 Å². The molecule has 0 N–H and O–H groups in total. The van der Waals surface area contributed by atoms with E-state index in [0.717, 1.165) is 13.0 Å². The third-order valence-electron chi connectivity index (χ3n) is 3.89. The van der Waals surface area contributed by atoms with E-state index >= 15 is 0 Å². The van der Waals surface area contributed by atoms with Crippen molar-refractivity contribution in [1.29, 1.82) is 0 Å². The molecular weight excluding hydrogens is 218 g/mol. The summed E-state index contributed by atoms with van der Waals surface area (Å²) in [6.07, 6.45) is 8.15. The Labute approximate surface area is 113 Å². The van der Waals surface area contributed by atoms with Crippen LogP contribution in [0.15, 0.2) is 42.5 Å². The maximum atomic E-state index is 2.35. The van der Waals surface area contributed by atoms with Crippen LogP contribution in [0.5, 0.6) is 0 Å². The molecule has 1 aromatic rings. The summed E-state index contributed by atoms with van der Waals surface area (Å²) in [4.78, 5) is 2.19. The van der Waals surface area contributed by atoms with Gasteiger partial charge in [-0.1, -0.05) is 56.3 Å². The summed E-state index contributed by atoms with van der Waals surface area (Å²) in [7, 11) is 4.21. The summed E-state index contributed by atoms with van der Waals surface area (Å²) in [5.41, 5.74) is 1.79. The van der Waals surface area contributed by atoms with Crippen molar-refractivity contribution >= 4 is 0 Å². The van der Waals surface area contributed by atoms with Gasteiger partial charge in [-0.15, -0.1) is 0 Å². The average Bonchev–Trinajstić information content (AvgIpc) is 2.40. The summed E-state index contributed by atoms with van der Waals surface area (Å²) in [5, 5.41) is 0. The van der Waals surface area contributed by atoms with E-state index in [-0.39, 0.29) is 0 Å². The van der Waals surface area contributed by atoms with Crippen molar-refractivity contribution in [2.75, 3.05) is 20.6 Å². The van der Waals surface area contributed by atoms with Crippen LogP contribution in [0.3, 0.4) is 0 Å². The fraction of sp³-hybridized carbons (Fsp3) is 0.529. The number of likely N-dealkylation sites (N-methyl/N-ethyl adjacent to an activating group) is 1. The molecule has 0 saturated heterocycles. The van der Waals surface area contributed by atoms with E-state index in [1.807, 2.05) is 0 Å². The Bertz CT molecular complexity index is 347. The molecule has 0 saturated carbocycles. The van der Waals surface area contributed by atoms with Crippen LogP contribution in [0.1, 0.15) is 38.7 Å². The number of hydrogen-bond donors (Lipinski definition) is 0. The highest BCUT2D eigenvalue weighted by Crippen LogP contribution is 2.35. The van der Waals surface area contributed by atoms with Gasteiger partial charge in [-0.2, -0.15) is 0 Å². The number of hydrogen-bond acceptors (Lipinski definition) is 1. The first-order chi connectivity index (χ1) is 8.64. The second kappa shape index (κ2) is 7.38. The molecule has 0 radical (unpaired) electrons. The van der Waals surface area contributed by atoms with Gasteiger partial charge in [0.2, 0.25) is 0 Å². The maximum absolute atomic E-state index is 2.35. The molecule has 0 bridgehead atoms. The first-order valence-corrected chi connectivity index (χ1v) is 7.00. The highest BCUT2D eigenvalue weighted by Gasteiger charge is 2.26. The van der Waals surface area contributed by atoms with Gasteiger partial charge in [0.15, 0.2) is 0 Å². The molecule has 0 amide bonds. The summed E-state index contributed by atoms with van der Waals surface area (Å²) < 4.78 is 0. The van der Waals surface area contributed by atoms with Crippen molar-refractivity contribution in [2.45, 2.75) is 38.5 Å². The maximum Gasteiger partial charge on any atom is 0.0157 e. The summed E-state index contributed by atoms with van der Waals surface area (Å²) in [6, 6.07) is 10.9. The van der Waals surface area contributed by atoms with Gasteiger partial charge in [0.1, 0.15) is 0 Å². The first kappa shape index (κ1) is 15.0. The Morgan fingerprint density at radius 3 is 2.11 bits per heavy atom. The van der Waals surface area contributed by atoms with E-state index in [0.29, 0.717) is 5.41 Å². The molecule has 18 heavy (non-hydrogen) atoms. The smallest absolute Gasteiger partial charge is 0.0157 e. The molecule has 1 aromatic carbocycles. The quantitative estimate of drug-likeness (QED) is 0.649. The standard InChI is InChI=1S/C17H27N/c1-5-17(6-2,14-10-11-15-18(3)4)16-12-8-7-9-13-16/h7-13H,5-6,14-15H2,1-4H3. The number of allylic oxidation sites excluding steroid dienone is 1. The molecule has 0 aliphatic heterocycles. The van der Waals surface area contributed by atoms with Gasteiger partial charge in [0.05, 0.1) is 0 Å². The molecule has 100 valence electrons. The Morgan fingerprint density at radius 2 is 1.61 bits per heavy atom. The van der Waals surface area contributed by atoms with E-state index in [4.69, 9.17) is 0 Å². The fourth-order valence-electron chi connectivity index (χ4n) is 2.45. The van der Waals surface area contributed by atoms with Crippen LogP contribution in [-0.2, 0) is 5.41 Å². The second-order valence-electron chi connectivity index (χ2n) is 5.29. The highest BCUT2D eigenvalue weighted by molar-refractivity contribution is 5.26. The molecule has 0 aliphatic rings. The Balaban J connectivity index is 2.78. The first-order valence-electron chi connectivity index (χ1n) is 7.00. The minimum atomic E-state index is 0.310. The Morgan fingerprint density at radius 1 is 1.00 bits per heavy atom. The molecule has 1 nitrogen and oxygen atoms in total. The molecule has 0 unspecified atom stereocenters. The minimum absolute atomic E-state index is 0.310. The van der Waals surface area contributed by atoms with Crippen LogP contribution < -0.4 is 0 Å². The topological polar surface area (TPSA) is 3.24 Å². The van der Waals surface area contributed by atoms with E-state index in [1.54, 1.807) is 0 Å². The molecule has 0 spiro atoms. The van der Waals surface area contributed by atoms with Gasteiger partial charge in [-0.05, 0) is 44.3 Å². The summed E-state index contributed by atoms with van der Waals surface area (Å²) in [5.74, 6) is 0. The molecule has 1 rings (SSSR count). The predicted molar refractivity (Wildman–Crippen MR) is 81.0 cm³/mol. The molecular formula is C17H27N. The summed E-state index contributed by atoms with van der Waals surface area (Å²) in [6.45, 7) is 5.63. The number of rotatable bonds is 7. The molecule has 0 fully saturated rings. The zero-order valence-corrected chi connectivity index (χ0v) is 12.3. The van der Waals surface area contributed by atoms with Crippen molar-refractivity contribution in [1.82, 2.24) is 4.90 Å². The van der Waals surface area contributed by atoms with Crippen LogP contribution in [0.2, 0.25) is 0 Å². The monoisotopic (exact) mass is 245 g/mol. The van der Waals surface area contributed by atoms with Gasteiger partial charge in [-0.25, -0.2) is 0 Å². The van der Waals surface area contributed by atoms with E-state index in [2.05, 4.69) is 75.3 Å². The van der Waals surface area contributed by atoms with Crippen LogP contribution in [0, 0.1) is 0 Å². The molecule has 0 aliphatic carbocycles. The van der Waals surface area contributed by atoms with Gasteiger partial charge < -0.3 is 4.90 Å². The van der Waals surface area contributed by atoms with Crippen LogP contribution in [-0.4, -0.2) is 25.5 Å². The molecule has 0 heterocycles. The molecule has 0 atom stereocenters. The number of benzene rings is 1. The lowest BCUT2D eigenvalue weighted by atomic mass is 9.73. The molecule has 1 heteroatoms. The zero-order chi connectivity index (χ0) is 13.4. The lowest BCUT2D eigenvalue weighted by Crippen LogP contribution is -2.23. The highest BCUT2D eigenvalue weighted by atomic mass is 15.0. The van der Waals surface area contributed by atoms with Crippen molar-refractivity contribution in [3.63, 3.8) is 0 Å². The van der Waals surface area contributed by atoms with Gasteiger partial charge in [0.25, 0.3) is 0 Å². The van der Waals surface area contributed by atoms with Crippen molar-refractivity contribution < 1.29 is 0 Å². The van der Waals surface area contributed by atoms with Crippen LogP contribution >= 0.6 is 0 Å². The lowest BCUT2D eigenvalue weighted by Gasteiger charge is -2.31. The summed E-state index contributed by atoms with van der Waals surface area (Å²) >= 11 is 0. The van der Waals surface area contributed by atoms with Gasteiger partial charge in [-0.3, -0.25) is 0 Å². The Hall–Kier alpha value is -1.08. The largest absolute Gasteiger partial charge is 0.306 e. The van der Waals surface area contributed by atoms with Gasteiger partial charge in [0, 0.05) is 6.54 Å². The predicted octanol–water partition coefficient (Wildman–Crippen LogP) is 4.25. The van der Waals surface area contributed by atoms with Gasteiger partial charge >= 0.3 is 0 Å². The average molecular weight is 245 g/mol. The van der Waals surface area contributed by atoms with Crippen molar-refractivity contribution in [3.8, 4) is 0 Å². The minimum Gasteiger partial charge on any atom is -0.306 e. The van der Waals surface area contributed by atoms with E-state index < -0.39 is 0 Å². The third-order valence-corrected chi connectivity index (χ3v) is 3.89. The third kappa shape index (κ3) is 3.99. The second-order valence-corrected chi connectivity index (χ2v) is 5.29. The van der Waals surface area contributed by atoms with Crippen molar-refractivity contribution in [3.05, 3.63) is 48.0 Å². The Kier molecular flexibility index (Phi) is 6.14.